The van der Waals surface area contributed by atoms with Crippen LogP contribution in [0.1, 0.15) is 64.2 Å². The standard InChI is InChI=1S/C10H18N2.C6H14N2.Pt/c1-3-7-11-9(5-1)10-6-2-4-8-12-10;7-5-3-1-2-4-6(5)8;/h9-10H,1-8H2;5-6H,1-4,7-8H2;/q-2;;+2. The Balaban J connectivity index is 0.000000216. The van der Waals surface area contributed by atoms with Gasteiger partial charge in [-0.2, -0.15) is 12.1 Å². The van der Waals surface area contributed by atoms with Crippen LogP contribution < -0.4 is 11.5 Å². The molecule has 0 bridgehead atoms. The van der Waals surface area contributed by atoms with E-state index in [1.807, 2.05) is 0 Å². The first-order chi connectivity index (χ1) is 9.77. The minimum Gasteiger partial charge on any atom is -0.661 e. The van der Waals surface area contributed by atoms with Gasteiger partial charge >= 0.3 is 21.1 Å². The average molecular weight is 476 g/mol. The Kier molecular flexibility index (Phi) is 10.4. The molecule has 1 saturated carbocycles. The fourth-order valence-corrected chi connectivity index (χ4v) is 3.44. The fourth-order valence-electron chi connectivity index (χ4n) is 3.44. The average Bonchev–Trinajstić information content (AvgIpc) is 2.53. The van der Waals surface area contributed by atoms with Crippen molar-refractivity contribution >= 4 is 0 Å². The van der Waals surface area contributed by atoms with E-state index in [0.717, 1.165) is 25.9 Å². The fraction of sp³-hybridized carbons (Fsp3) is 1.00. The molecule has 0 aromatic carbocycles. The second-order valence-electron chi connectivity index (χ2n) is 6.55. The molecule has 4 atom stereocenters. The predicted molar refractivity (Wildman–Crippen MR) is 86.1 cm³/mol. The third-order valence-electron chi connectivity index (χ3n) is 4.86. The monoisotopic (exact) mass is 475 g/mol. The predicted octanol–water partition coefficient (Wildman–Crippen LogP) is 3.05. The van der Waals surface area contributed by atoms with Crippen molar-refractivity contribution in [2.45, 2.75) is 88.4 Å². The van der Waals surface area contributed by atoms with Crippen molar-refractivity contribution in [3.8, 4) is 0 Å². The summed E-state index contributed by atoms with van der Waals surface area (Å²) >= 11 is 0. The van der Waals surface area contributed by atoms with E-state index in [0.29, 0.717) is 12.1 Å². The Labute approximate surface area is 144 Å². The van der Waals surface area contributed by atoms with E-state index in [9.17, 15) is 0 Å². The van der Waals surface area contributed by atoms with Crippen molar-refractivity contribution in [1.29, 1.82) is 0 Å². The maximum Gasteiger partial charge on any atom is 2.00 e. The van der Waals surface area contributed by atoms with Gasteiger partial charge in [0.15, 0.2) is 0 Å². The second kappa shape index (κ2) is 11.1. The van der Waals surface area contributed by atoms with Gasteiger partial charge in [0, 0.05) is 12.1 Å². The minimum absolute atomic E-state index is 0. The first-order valence-electron chi connectivity index (χ1n) is 8.62. The summed E-state index contributed by atoms with van der Waals surface area (Å²) in [6.07, 6.45) is 12.8. The Morgan fingerprint density at radius 2 is 0.952 bits per heavy atom. The zero-order valence-electron chi connectivity index (χ0n) is 13.2. The van der Waals surface area contributed by atoms with Gasteiger partial charge in [-0.25, -0.2) is 0 Å². The van der Waals surface area contributed by atoms with Gasteiger partial charge in [-0.05, 0) is 12.8 Å². The zero-order valence-corrected chi connectivity index (χ0v) is 15.4. The van der Waals surface area contributed by atoms with Gasteiger partial charge < -0.3 is 22.1 Å². The Hall–Kier alpha value is 0.528. The van der Waals surface area contributed by atoms with Crippen LogP contribution in [0.25, 0.3) is 10.6 Å². The van der Waals surface area contributed by atoms with Crippen LogP contribution in [0, 0.1) is 0 Å². The van der Waals surface area contributed by atoms with Crippen molar-refractivity contribution in [3.05, 3.63) is 10.6 Å². The molecule has 126 valence electrons. The molecule has 4 unspecified atom stereocenters. The summed E-state index contributed by atoms with van der Waals surface area (Å²) in [7, 11) is 0. The van der Waals surface area contributed by atoms with Crippen molar-refractivity contribution in [2.75, 3.05) is 13.1 Å². The van der Waals surface area contributed by atoms with Crippen LogP contribution in [0.4, 0.5) is 0 Å². The maximum absolute atomic E-state index is 5.65. The van der Waals surface area contributed by atoms with Crippen LogP contribution in [0.2, 0.25) is 0 Å². The number of nitrogens with zero attached hydrogens (tertiary/aromatic N) is 2. The van der Waals surface area contributed by atoms with Crippen LogP contribution in [0.5, 0.6) is 0 Å². The van der Waals surface area contributed by atoms with Crippen LogP contribution in [0.3, 0.4) is 0 Å². The minimum atomic E-state index is 0. The molecule has 2 aliphatic heterocycles. The van der Waals surface area contributed by atoms with Gasteiger partial charge in [0.25, 0.3) is 0 Å². The Morgan fingerprint density at radius 3 is 1.24 bits per heavy atom. The number of hydrogen-bond donors (Lipinski definition) is 2. The molecule has 4 nitrogen and oxygen atoms in total. The van der Waals surface area contributed by atoms with Crippen molar-refractivity contribution in [1.82, 2.24) is 0 Å². The van der Waals surface area contributed by atoms with Gasteiger partial charge in [0.05, 0.1) is 0 Å². The maximum atomic E-state index is 5.65. The molecule has 0 radical (unpaired) electrons. The molecule has 5 heteroatoms. The molecule has 3 fully saturated rings. The van der Waals surface area contributed by atoms with E-state index < -0.39 is 0 Å². The first-order valence-corrected chi connectivity index (χ1v) is 8.62. The van der Waals surface area contributed by atoms with Crippen LogP contribution >= 0.6 is 0 Å². The number of piperidine rings is 2. The smallest absolute Gasteiger partial charge is 0.661 e. The summed E-state index contributed by atoms with van der Waals surface area (Å²) in [5.74, 6) is 0. The molecular weight excluding hydrogens is 443 g/mol. The van der Waals surface area contributed by atoms with E-state index in [-0.39, 0.29) is 33.1 Å². The quantitative estimate of drug-likeness (QED) is 0.611. The normalized spacial score (nSPS) is 36.9. The Morgan fingerprint density at radius 1 is 0.571 bits per heavy atom. The molecule has 2 heterocycles. The SMILES string of the molecule is C1CCC(C2CCCC[N-]2)[N-]C1.NC1CCCCC1N.[Pt+2]. The van der Waals surface area contributed by atoms with Gasteiger partial charge in [-0.1, -0.05) is 51.4 Å². The molecule has 1 aliphatic carbocycles. The summed E-state index contributed by atoms with van der Waals surface area (Å²) in [6, 6.07) is 1.76. The summed E-state index contributed by atoms with van der Waals surface area (Å²) in [6.45, 7) is 2.19. The Bertz CT molecular complexity index is 227. The van der Waals surface area contributed by atoms with Crippen LogP contribution in [-0.4, -0.2) is 37.3 Å². The first kappa shape index (κ1) is 19.6. The topological polar surface area (TPSA) is 80.2 Å². The number of hydrogen-bond acceptors (Lipinski definition) is 2. The van der Waals surface area contributed by atoms with Crippen LogP contribution in [-0.2, 0) is 21.1 Å². The van der Waals surface area contributed by atoms with E-state index in [4.69, 9.17) is 11.5 Å². The second-order valence-corrected chi connectivity index (χ2v) is 6.55. The molecule has 0 amide bonds. The van der Waals surface area contributed by atoms with E-state index in [1.54, 1.807) is 0 Å². The third kappa shape index (κ3) is 7.09. The van der Waals surface area contributed by atoms with Crippen molar-refractivity contribution < 1.29 is 21.1 Å². The molecule has 21 heavy (non-hydrogen) atoms. The zero-order chi connectivity index (χ0) is 14.2. The van der Waals surface area contributed by atoms with Crippen molar-refractivity contribution in [2.24, 2.45) is 11.5 Å². The van der Waals surface area contributed by atoms with Gasteiger partial charge in [-0.3, -0.25) is 0 Å². The largest absolute Gasteiger partial charge is 2.00 e. The van der Waals surface area contributed by atoms with E-state index in [2.05, 4.69) is 10.6 Å². The van der Waals surface area contributed by atoms with Gasteiger partial charge in [0.2, 0.25) is 0 Å². The van der Waals surface area contributed by atoms with E-state index in [1.165, 1.54) is 51.4 Å². The van der Waals surface area contributed by atoms with Crippen molar-refractivity contribution in [3.63, 3.8) is 0 Å². The van der Waals surface area contributed by atoms with Gasteiger partial charge in [-0.15, -0.1) is 13.1 Å². The summed E-state index contributed by atoms with van der Waals surface area (Å²) in [4.78, 5) is 0. The third-order valence-corrected chi connectivity index (χ3v) is 4.86. The summed E-state index contributed by atoms with van der Waals surface area (Å²) in [5.41, 5.74) is 11.3. The summed E-state index contributed by atoms with van der Waals surface area (Å²) in [5, 5.41) is 9.32. The molecule has 0 spiro atoms. The molecule has 0 aromatic heterocycles. The number of nitrogens with two attached hydrogens (primary N) is 2. The summed E-state index contributed by atoms with van der Waals surface area (Å²) < 4.78 is 0. The molecule has 0 aromatic rings. The molecular formula is C16H32N4Pt. The molecule has 4 N–H and O–H groups in total. The molecule has 3 aliphatic rings. The van der Waals surface area contributed by atoms with Crippen LogP contribution in [0.15, 0.2) is 0 Å². The molecule has 2 saturated heterocycles. The van der Waals surface area contributed by atoms with E-state index >= 15 is 0 Å². The number of rotatable bonds is 1. The molecule has 3 rings (SSSR count). The van der Waals surface area contributed by atoms with Gasteiger partial charge in [0.1, 0.15) is 0 Å².